The summed E-state index contributed by atoms with van der Waals surface area (Å²) in [6, 6.07) is 2.92. The van der Waals surface area contributed by atoms with Crippen molar-refractivity contribution in [1.29, 1.82) is 0 Å². The third kappa shape index (κ3) is 8.85. The molecule has 2 amide bonds. The smallest absolute Gasteiger partial charge is 0.416 e. The molecule has 0 unspecified atom stereocenters. The van der Waals surface area contributed by atoms with Gasteiger partial charge in [-0.3, -0.25) is 14.4 Å². The van der Waals surface area contributed by atoms with Crippen molar-refractivity contribution in [2.45, 2.75) is 57.5 Å². The number of alkyl halides is 3. The largest absolute Gasteiger partial charge is 0.459 e. The molecule has 0 fully saturated rings. The van der Waals surface area contributed by atoms with E-state index >= 15 is 0 Å². The fourth-order valence-corrected chi connectivity index (χ4v) is 3.62. The Kier molecular flexibility index (Phi) is 10.8. The van der Waals surface area contributed by atoms with Crippen LogP contribution >= 0.6 is 12.4 Å². The van der Waals surface area contributed by atoms with Crippen LogP contribution in [0.4, 0.5) is 13.2 Å². The fraction of sp³-hybridized carbons (Fsp3) is 0.542. The van der Waals surface area contributed by atoms with E-state index in [1.165, 1.54) is 29.0 Å². The molecular weight excluding hydrogens is 487 g/mol. The number of carbonyl (C=O) groups excluding carboxylic acids is 3. The minimum atomic E-state index is -4.48. The van der Waals surface area contributed by atoms with Gasteiger partial charge in [0.05, 0.1) is 11.6 Å². The van der Waals surface area contributed by atoms with Gasteiger partial charge >= 0.3 is 12.1 Å². The first kappa shape index (κ1) is 30.4. The molecule has 7 nitrogen and oxygen atoms in total. The second-order valence-electron chi connectivity index (χ2n) is 9.23. The quantitative estimate of drug-likeness (QED) is 0.442. The summed E-state index contributed by atoms with van der Waals surface area (Å²) in [7, 11) is 3.07. The molecule has 0 aliphatic carbocycles. The third-order valence-corrected chi connectivity index (χ3v) is 5.30. The van der Waals surface area contributed by atoms with Gasteiger partial charge in [-0.05, 0) is 51.9 Å². The van der Waals surface area contributed by atoms with Gasteiger partial charge in [-0.25, -0.2) is 0 Å². The molecule has 0 bridgehead atoms. The number of benzene rings is 1. The highest BCUT2D eigenvalue weighted by Crippen LogP contribution is 2.29. The van der Waals surface area contributed by atoms with Gasteiger partial charge in [-0.15, -0.1) is 12.4 Å². The van der Waals surface area contributed by atoms with E-state index < -0.39 is 41.3 Å². The molecule has 0 radical (unpaired) electrons. The van der Waals surface area contributed by atoms with Gasteiger partial charge in [-0.1, -0.05) is 24.3 Å². The van der Waals surface area contributed by atoms with Crippen LogP contribution in [0.2, 0.25) is 0 Å². The van der Waals surface area contributed by atoms with Crippen LogP contribution in [0.1, 0.15) is 38.3 Å². The molecule has 0 saturated heterocycles. The summed E-state index contributed by atoms with van der Waals surface area (Å²) < 4.78 is 44.1. The molecule has 1 heterocycles. The van der Waals surface area contributed by atoms with Gasteiger partial charge in [-0.2, -0.15) is 13.2 Å². The fourth-order valence-electron chi connectivity index (χ4n) is 3.62. The molecule has 2 rings (SSSR count). The predicted octanol–water partition coefficient (Wildman–Crippen LogP) is 3.21. The van der Waals surface area contributed by atoms with E-state index in [1.807, 2.05) is 6.08 Å². The Morgan fingerprint density at radius 2 is 1.77 bits per heavy atom. The number of rotatable bonds is 7. The Bertz CT molecular complexity index is 914. The minimum Gasteiger partial charge on any atom is -0.459 e. The summed E-state index contributed by atoms with van der Waals surface area (Å²) in [5.74, 6) is -1.42. The van der Waals surface area contributed by atoms with Crippen LogP contribution in [0.15, 0.2) is 36.4 Å². The summed E-state index contributed by atoms with van der Waals surface area (Å²) in [6.07, 6.45) is -0.432. The van der Waals surface area contributed by atoms with Crippen molar-refractivity contribution in [1.82, 2.24) is 15.1 Å². The molecule has 196 valence electrons. The van der Waals surface area contributed by atoms with E-state index in [1.54, 1.807) is 33.9 Å². The van der Waals surface area contributed by atoms with Crippen LogP contribution in [-0.4, -0.2) is 72.5 Å². The molecule has 0 spiro atoms. The number of carbonyl (C=O) groups is 3. The lowest BCUT2D eigenvalue weighted by molar-refractivity contribution is -0.159. The lowest BCUT2D eigenvalue weighted by atomic mass is 10.0. The average molecular weight is 520 g/mol. The number of ether oxygens (including phenoxy) is 1. The number of likely N-dealkylation sites (N-methyl/N-ethyl adjacent to an activating group) is 2. The molecule has 0 saturated carbocycles. The van der Waals surface area contributed by atoms with Crippen LogP contribution in [0.25, 0.3) is 0 Å². The predicted molar refractivity (Wildman–Crippen MR) is 128 cm³/mol. The van der Waals surface area contributed by atoms with E-state index in [9.17, 15) is 27.6 Å². The Labute approximate surface area is 210 Å². The van der Waals surface area contributed by atoms with Gasteiger partial charge in [0, 0.05) is 20.0 Å². The average Bonchev–Trinajstić information content (AvgIpc) is 2.90. The summed E-state index contributed by atoms with van der Waals surface area (Å²) in [6.45, 7) is 4.96. The molecular formula is C24H33ClF3N3O4. The zero-order valence-corrected chi connectivity index (χ0v) is 21.3. The maximum Gasteiger partial charge on any atom is 0.416 e. The third-order valence-electron chi connectivity index (χ3n) is 5.30. The molecule has 11 heteroatoms. The first-order valence-corrected chi connectivity index (χ1v) is 11.0. The van der Waals surface area contributed by atoms with E-state index in [0.29, 0.717) is 12.0 Å². The molecule has 1 aromatic carbocycles. The summed E-state index contributed by atoms with van der Waals surface area (Å²) >= 11 is 0. The highest BCUT2D eigenvalue weighted by molar-refractivity contribution is 5.92. The number of nitrogens with one attached hydrogen (secondary N) is 1. The topological polar surface area (TPSA) is 79.0 Å². The Balaban J connectivity index is 0.00000612. The van der Waals surface area contributed by atoms with Crippen LogP contribution in [0.5, 0.6) is 0 Å². The van der Waals surface area contributed by atoms with E-state index in [2.05, 4.69) is 5.32 Å². The summed E-state index contributed by atoms with van der Waals surface area (Å²) in [5, 5.41) is 2.93. The Morgan fingerprint density at radius 3 is 2.29 bits per heavy atom. The van der Waals surface area contributed by atoms with Gasteiger partial charge in [0.2, 0.25) is 11.8 Å². The molecule has 35 heavy (non-hydrogen) atoms. The number of nitrogens with zero attached hydrogens (tertiary/aromatic N) is 2. The van der Waals surface area contributed by atoms with Crippen molar-refractivity contribution >= 4 is 30.2 Å². The van der Waals surface area contributed by atoms with Crippen molar-refractivity contribution in [3.8, 4) is 0 Å². The van der Waals surface area contributed by atoms with Gasteiger partial charge in [0.25, 0.3) is 0 Å². The molecule has 2 atom stereocenters. The lowest BCUT2D eigenvalue weighted by Crippen LogP contribution is -2.55. The van der Waals surface area contributed by atoms with Crippen molar-refractivity contribution in [2.75, 3.05) is 27.2 Å². The maximum atomic E-state index is 13.4. The highest BCUT2D eigenvalue weighted by Gasteiger charge is 2.36. The van der Waals surface area contributed by atoms with Gasteiger partial charge in [0.1, 0.15) is 18.2 Å². The van der Waals surface area contributed by atoms with Crippen LogP contribution in [0, 0.1) is 0 Å². The van der Waals surface area contributed by atoms with Crippen LogP contribution < -0.4 is 5.32 Å². The van der Waals surface area contributed by atoms with Crippen LogP contribution in [0.3, 0.4) is 0 Å². The molecule has 1 aliphatic rings. The minimum absolute atomic E-state index is 0. The Hall–Kier alpha value is -2.59. The molecule has 0 aromatic heterocycles. The van der Waals surface area contributed by atoms with Crippen molar-refractivity contribution in [3.63, 3.8) is 0 Å². The first-order valence-electron chi connectivity index (χ1n) is 11.0. The normalized spacial score (nSPS) is 17.3. The summed E-state index contributed by atoms with van der Waals surface area (Å²) in [5.41, 5.74) is -1.07. The molecule has 1 aliphatic heterocycles. The van der Waals surface area contributed by atoms with Crippen molar-refractivity contribution in [2.24, 2.45) is 0 Å². The number of halogens is 4. The van der Waals surface area contributed by atoms with E-state index in [-0.39, 0.29) is 37.8 Å². The lowest BCUT2D eigenvalue weighted by Gasteiger charge is -2.34. The monoisotopic (exact) mass is 519 g/mol. The van der Waals surface area contributed by atoms with Gasteiger partial charge in [0.15, 0.2) is 0 Å². The number of esters is 1. The SMILES string of the molecule is CN[C@H]1CC=CCN([C@@H](Cc2ccc(C(F)(F)F)cc2)C(=O)N(C)CC(=O)OC(C)(C)C)C1=O.Cl. The second kappa shape index (κ2) is 12.4. The van der Waals surface area contributed by atoms with Crippen molar-refractivity contribution < 1.29 is 32.3 Å². The molecule has 1 aromatic rings. The van der Waals surface area contributed by atoms with Crippen LogP contribution in [-0.2, 0) is 31.7 Å². The summed E-state index contributed by atoms with van der Waals surface area (Å²) in [4.78, 5) is 41.4. The standard InChI is InChI=1S/C24H32F3N3O4.ClH/c1-23(2,3)34-20(31)15-29(5)22(33)19(30-13-7-6-8-18(28-4)21(30)32)14-16-9-11-17(12-10-16)24(25,26)27;/h6-7,9-12,18-19,28H,8,13-15H2,1-5H3;1H/t18-,19-;/m0./s1. The first-order chi connectivity index (χ1) is 15.7. The zero-order valence-electron chi connectivity index (χ0n) is 20.5. The second-order valence-corrected chi connectivity index (χ2v) is 9.23. The van der Waals surface area contributed by atoms with E-state index in [4.69, 9.17) is 4.74 Å². The highest BCUT2D eigenvalue weighted by atomic mass is 35.5. The van der Waals surface area contributed by atoms with Gasteiger partial charge < -0.3 is 19.9 Å². The maximum absolute atomic E-state index is 13.4. The van der Waals surface area contributed by atoms with E-state index in [0.717, 1.165) is 12.1 Å². The zero-order chi connectivity index (χ0) is 25.7. The number of hydrogen-bond donors (Lipinski definition) is 1. The number of hydrogen-bond acceptors (Lipinski definition) is 5. The number of amides is 2. The Morgan fingerprint density at radius 1 is 1.17 bits per heavy atom. The van der Waals surface area contributed by atoms with Crippen molar-refractivity contribution in [3.05, 3.63) is 47.5 Å². The molecule has 1 N–H and O–H groups in total.